The van der Waals surface area contributed by atoms with Crippen LogP contribution in [0.25, 0.3) is 11.5 Å². The number of pyridine rings is 1. The highest BCUT2D eigenvalue weighted by atomic mass is 15.2. The van der Waals surface area contributed by atoms with E-state index >= 15 is 0 Å². The zero-order valence-corrected chi connectivity index (χ0v) is 15.9. The Hall–Kier alpha value is -2.80. The van der Waals surface area contributed by atoms with Crippen molar-refractivity contribution >= 4 is 5.82 Å². The molecule has 0 saturated heterocycles. The molecule has 3 aromatic heterocycles. The monoisotopic (exact) mass is 351 g/mol. The highest BCUT2D eigenvalue weighted by molar-refractivity contribution is 5.56. The maximum atomic E-state index is 4.71. The normalized spacial score (nSPS) is 12.4. The molecule has 0 radical (unpaired) electrons. The number of rotatable bonds is 6. The molecular weight excluding hydrogens is 326 g/mol. The van der Waals surface area contributed by atoms with Gasteiger partial charge < -0.3 is 10.2 Å². The van der Waals surface area contributed by atoms with Crippen LogP contribution >= 0.6 is 0 Å². The maximum absolute atomic E-state index is 4.71. The third-order valence-electron chi connectivity index (χ3n) is 4.48. The summed E-state index contributed by atoms with van der Waals surface area (Å²) in [5.74, 6) is 1.48. The number of nitrogens with zero attached hydrogens (tertiary/aromatic N) is 6. The van der Waals surface area contributed by atoms with Gasteiger partial charge in [0.1, 0.15) is 11.5 Å². The molecule has 0 saturated carbocycles. The van der Waals surface area contributed by atoms with Crippen LogP contribution < -0.4 is 5.32 Å². The minimum Gasteiger partial charge on any atom is -0.368 e. The van der Waals surface area contributed by atoms with E-state index in [4.69, 9.17) is 4.98 Å². The first-order valence-electron chi connectivity index (χ1n) is 8.61. The van der Waals surface area contributed by atoms with Gasteiger partial charge >= 0.3 is 0 Å². The van der Waals surface area contributed by atoms with Gasteiger partial charge in [0.15, 0.2) is 5.82 Å². The van der Waals surface area contributed by atoms with Gasteiger partial charge in [0.05, 0.1) is 12.2 Å². The van der Waals surface area contributed by atoms with Crippen molar-refractivity contribution in [1.82, 2.24) is 29.6 Å². The fourth-order valence-corrected chi connectivity index (χ4v) is 2.81. The van der Waals surface area contributed by atoms with E-state index in [1.165, 1.54) is 5.56 Å². The minimum absolute atomic E-state index is 0.191. The number of nitrogens with one attached hydrogen (secondary N) is 1. The first-order chi connectivity index (χ1) is 12.5. The Morgan fingerprint density at radius 2 is 2.00 bits per heavy atom. The van der Waals surface area contributed by atoms with Gasteiger partial charge in [-0.05, 0) is 40.1 Å². The molecule has 0 aromatic carbocycles. The summed E-state index contributed by atoms with van der Waals surface area (Å²) in [7, 11) is 6.06. The summed E-state index contributed by atoms with van der Waals surface area (Å²) in [6.45, 7) is 4.76. The molecule has 0 spiro atoms. The number of aryl methyl sites for hydroxylation is 2. The number of aromatic nitrogens is 5. The second-order valence-corrected chi connectivity index (χ2v) is 6.63. The molecule has 3 aromatic rings. The molecule has 0 amide bonds. The lowest BCUT2D eigenvalue weighted by Gasteiger charge is -2.24. The topological polar surface area (TPSA) is 71.8 Å². The summed E-state index contributed by atoms with van der Waals surface area (Å²) in [5.41, 5.74) is 3.94. The molecule has 0 aliphatic carbocycles. The van der Waals surface area contributed by atoms with Crippen LogP contribution in [-0.2, 0) is 7.05 Å². The van der Waals surface area contributed by atoms with E-state index < -0.39 is 0 Å². The van der Waals surface area contributed by atoms with E-state index in [9.17, 15) is 0 Å². The van der Waals surface area contributed by atoms with Crippen molar-refractivity contribution in [1.29, 1.82) is 0 Å². The molecule has 3 heterocycles. The van der Waals surface area contributed by atoms with Crippen molar-refractivity contribution in [2.45, 2.75) is 19.9 Å². The van der Waals surface area contributed by atoms with Crippen LogP contribution in [-0.4, -0.2) is 50.3 Å². The van der Waals surface area contributed by atoms with Crippen LogP contribution in [0.1, 0.15) is 22.9 Å². The largest absolute Gasteiger partial charge is 0.368 e. The van der Waals surface area contributed by atoms with Gasteiger partial charge in [-0.2, -0.15) is 5.10 Å². The lowest BCUT2D eigenvalue weighted by molar-refractivity contribution is 0.311. The molecule has 0 fully saturated rings. The third kappa shape index (κ3) is 3.88. The first kappa shape index (κ1) is 18.0. The predicted octanol–water partition coefficient (Wildman–Crippen LogP) is 2.60. The van der Waals surface area contributed by atoms with E-state index in [0.29, 0.717) is 5.82 Å². The average molecular weight is 351 g/mol. The molecule has 26 heavy (non-hydrogen) atoms. The first-order valence-corrected chi connectivity index (χ1v) is 8.61. The minimum atomic E-state index is 0.191. The lowest BCUT2D eigenvalue weighted by atomic mass is 10.1. The molecule has 1 unspecified atom stereocenters. The summed E-state index contributed by atoms with van der Waals surface area (Å²) in [4.78, 5) is 15.8. The van der Waals surface area contributed by atoms with Gasteiger partial charge in [-0.25, -0.2) is 9.97 Å². The summed E-state index contributed by atoms with van der Waals surface area (Å²) in [5, 5.41) is 7.78. The van der Waals surface area contributed by atoms with Crippen LogP contribution in [0.3, 0.4) is 0 Å². The number of likely N-dealkylation sites (N-methyl/N-ethyl adjacent to an activating group) is 1. The van der Waals surface area contributed by atoms with Crippen molar-refractivity contribution < 1.29 is 0 Å². The van der Waals surface area contributed by atoms with Crippen LogP contribution in [0.5, 0.6) is 0 Å². The van der Waals surface area contributed by atoms with E-state index in [1.54, 1.807) is 6.20 Å². The molecule has 7 nitrogen and oxygen atoms in total. The van der Waals surface area contributed by atoms with Crippen LogP contribution in [0.4, 0.5) is 5.82 Å². The fraction of sp³-hybridized carbons (Fsp3) is 0.368. The zero-order valence-electron chi connectivity index (χ0n) is 15.9. The third-order valence-corrected chi connectivity index (χ3v) is 4.48. The summed E-state index contributed by atoms with van der Waals surface area (Å²) < 4.78 is 1.82. The van der Waals surface area contributed by atoms with Gasteiger partial charge in [-0.1, -0.05) is 6.07 Å². The molecular formula is C19H25N7. The van der Waals surface area contributed by atoms with Crippen LogP contribution in [0, 0.1) is 13.8 Å². The standard InChI is InChI=1S/C19H25N7/c1-13-14(2)23-19(16-8-6-7-9-20-16)24-18(13)21-11-17(25(3)4)15-10-22-26(5)12-15/h6-10,12,17H,11H2,1-5H3,(H,21,23,24). The molecule has 136 valence electrons. The Labute approximate surface area is 154 Å². The summed E-state index contributed by atoms with van der Waals surface area (Å²) in [6, 6.07) is 5.95. The number of hydrogen-bond donors (Lipinski definition) is 1. The van der Waals surface area contributed by atoms with E-state index in [2.05, 4.69) is 39.4 Å². The average Bonchev–Trinajstić information content (AvgIpc) is 3.05. The molecule has 1 N–H and O–H groups in total. The van der Waals surface area contributed by atoms with Crippen molar-refractivity contribution in [3.8, 4) is 11.5 Å². The Morgan fingerprint density at radius 1 is 1.19 bits per heavy atom. The Kier molecular flexibility index (Phi) is 5.27. The lowest BCUT2D eigenvalue weighted by Crippen LogP contribution is -2.27. The number of hydrogen-bond acceptors (Lipinski definition) is 6. The smallest absolute Gasteiger partial charge is 0.180 e. The van der Waals surface area contributed by atoms with Crippen molar-refractivity contribution in [3.05, 3.63) is 53.6 Å². The Bertz CT molecular complexity index is 871. The fourth-order valence-electron chi connectivity index (χ4n) is 2.81. The number of anilines is 1. The molecule has 0 aliphatic rings. The van der Waals surface area contributed by atoms with Crippen molar-refractivity contribution in [3.63, 3.8) is 0 Å². The van der Waals surface area contributed by atoms with Gasteiger partial charge in [-0.3, -0.25) is 9.67 Å². The van der Waals surface area contributed by atoms with E-state index in [1.807, 2.05) is 56.2 Å². The highest BCUT2D eigenvalue weighted by Crippen LogP contribution is 2.23. The van der Waals surface area contributed by atoms with Crippen molar-refractivity contribution in [2.75, 3.05) is 26.0 Å². The van der Waals surface area contributed by atoms with Gasteiger partial charge in [0.25, 0.3) is 0 Å². The summed E-state index contributed by atoms with van der Waals surface area (Å²) >= 11 is 0. The zero-order chi connectivity index (χ0) is 18.7. The molecule has 3 rings (SSSR count). The SMILES string of the molecule is Cc1nc(-c2ccccn2)nc(NCC(c2cnn(C)c2)N(C)C)c1C. The van der Waals surface area contributed by atoms with Gasteiger partial charge in [-0.15, -0.1) is 0 Å². The van der Waals surface area contributed by atoms with E-state index in [-0.39, 0.29) is 6.04 Å². The Balaban J connectivity index is 1.85. The van der Waals surface area contributed by atoms with Crippen molar-refractivity contribution in [2.24, 2.45) is 7.05 Å². The van der Waals surface area contributed by atoms with E-state index in [0.717, 1.165) is 29.3 Å². The molecule has 0 aliphatic heterocycles. The molecule has 1 atom stereocenters. The van der Waals surface area contributed by atoms with Crippen LogP contribution in [0.2, 0.25) is 0 Å². The predicted molar refractivity (Wildman–Crippen MR) is 103 cm³/mol. The van der Waals surface area contributed by atoms with Gasteiger partial charge in [0.2, 0.25) is 0 Å². The second-order valence-electron chi connectivity index (χ2n) is 6.63. The molecule has 0 bridgehead atoms. The second kappa shape index (κ2) is 7.61. The Morgan fingerprint density at radius 3 is 2.62 bits per heavy atom. The quantitative estimate of drug-likeness (QED) is 0.736. The molecule has 7 heteroatoms. The highest BCUT2D eigenvalue weighted by Gasteiger charge is 2.17. The summed E-state index contributed by atoms with van der Waals surface area (Å²) in [6.07, 6.45) is 5.71. The van der Waals surface area contributed by atoms with Gasteiger partial charge in [0, 0.05) is 42.8 Å². The maximum Gasteiger partial charge on any atom is 0.180 e. The van der Waals surface area contributed by atoms with Crippen LogP contribution in [0.15, 0.2) is 36.8 Å².